The smallest absolute Gasteiger partial charge is 0.227 e. The van der Waals surface area contributed by atoms with Crippen LogP contribution in [0, 0.1) is 0 Å². The Kier molecular flexibility index (Phi) is 5.92. The summed E-state index contributed by atoms with van der Waals surface area (Å²) in [5.41, 5.74) is 1.44. The van der Waals surface area contributed by atoms with E-state index in [4.69, 9.17) is 9.15 Å². The molecule has 0 atom stereocenters. The van der Waals surface area contributed by atoms with Crippen LogP contribution < -0.4 is 14.9 Å². The molecule has 0 fully saturated rings. The molecule has 0 bridgehead atoms. The number of nitrogens with one attached hydrogen (secondary N) is 1. The van der Waals surface area contributed by atoms with Gasteiger partial charge >= 0.3 is 0 Å². The van der Waals surface area contributed by atoms with Crippen LogP contribution in [0.4, 0.5) is 0 Å². The van der Waals surface area contributed by atoms with Crippen molar-refractivity contribution in [2.24, 2.45) is 0 Å². The van der Waals surface area contributed by atoms with E-state index < -0.39 is 10.0 Å². The van der Waals surface area contributed by atoms with Crippen LogP contribution in [0.25, 0.3) is 10.8 Å². The Labute approximate surface area is 179 Å². The minimum absolute atomic E-state index is 0.143. The number of hydrogen-bond donors (Lipinski definition) is 1. The third-order valence-corrected chi connectivity index (χ3v) is 5.42. The Bertz CT molecular complexity index is 1320. The number of hydrogen-bond acceptors (Lipinski definition) is 5. The maximum Gasteiger partial charge on any atom is 0.227 e. The molecule has 7 nitrogen and oxygen atoms in total. The van der Waals surface area contributed by atoms with Gasteiger partial charge in [0.15, 0.2) is 0 Å². The van der Waals surface area contributed by atoms with E-state index in [9.17, 15) is 13.2 Å². The van der Waals surface area contributed by atoms with E-state index in [2.05, 4.69) is 4.72 Å². The van der Waals surface area contributed by atoms with Gasteiger partial charge in [-0.1, -0.05) is 48.5 Å². The first kappa shape index (κ1) is 20.9. The van der Waals surface area contributed by atoms with Gasteiger partial charge in [-0.3, -0.25) is 4.79 Å². The van der Waals surface area contributed by atoms with E-state index in [0.717, 1.165) is 28.2 Å². The van der Waals surface area contributed by atoms with Crippen LogP contribution in [0.1, 0.15) is 16.9 Å². The van der Waals surface area contributed by atoms with Crippen LogP contribution in [0.2, 0.25) is 0 Å². The normalized spacial score (nSPS) is 11.6. The summed E-state index contributed by atoms with van der Waals surface area (Å²) in [6, 6.07) is 16.8. The van der Waals surface area contributed by atoms with Crippen molar-refractivity contribution in [2.75, 3.05) is 6.26 Å². The molecule has 0 aliphatic rings. The molecule has 0 saturated heterocycles. The minimum Gasteiger partial charge on any atom is -0.482 e. The Morgan fingerprint density at radius 2 is 1.65 bits per heavy atom. The zero-order valence-corrected chi connectivity index (χ0v) is 17.8. The van der Waals surface area contributed by atoms with Crippen molar-refractivity contribution < 1.29 is 17.6 Å². The second-order valence-electron chi connectivity index (χ2n) is 7.33. The maximum atomic E-state index is 12.4. The zero-order valence-electron chi connectivity index (χ0n) is 16.9. The monoisotopic (exact) mass is 438 g/mol. The fourth-order valence-electron chi connectivity index (χ4n) is 3.17. The maximum absolute atomic E-state index is 12.4. The van der Waals surface area contributed by atoms with Gasteiger partial charge in [-0.2, -0.15) is 0 Å². The predicted molar refractivity (Wildman–Crippen MR) is 118 cm³/mol. The molecule has 8 heteroatoms. The molecule has 0 unspecified atom stereocenters. The van der Waals surface area contributed by atoms with Crippen molar-refractivity contribution in [3.05, 3.63) is 100 Å². The third-order valence-electron chi connectivity index (χ3n) is 4.75. The van der Waals surface area contributed by atoms with E-state index in [-0.39, 0.29) is 24.3 Å². The Balaban J connectivity index is 1.36. The van der Waals surface area contributed by atoms with Gasteiger partial charge in [0.2, 0.25) is 21.2 Å². The molecule has 2 heterocycles. The van der Waals surface area contributed by atoms with Crippen molar-refractivity contribution in [3.8, 4) is 5.75 Å². The molecule has 31 heavy (non-hydrogen) atoms. The standard InChI is InChI=1S/C23H22N2O5S/c1-31(27,28)24-11-17-6-8-18(9-7-17)15-30-23-16-29-21(10-22(23)26)14-25-12-19-4-2-3-5-20(19)13-25/h2-10,12-13,16,24H,11,14-15H2,1H3. The summed E-state index contributed by atoms with van der Waals surface area (Å²) in [6.45, 7) is 0.877. The summed E-state index contributed by atoms with van der Waals surface area (Å²) < 4.78 is 37.9. The van der Waals surface area contributed by atoms with Crippen molar-refractivity contribution in [2.45, 2.75) is 19.7 Å². The highest BCUT2D eigenvalue weighted by Gasteiger charge is 2.07. The molecule has 0 radical (unpaired) electrons. The molecule has 0 aliphatic carbocycles. The van der Waals surface area contributed by atoms with Gasteiger partial charge in [0.05, 0.1) is 12.8 Å². The quantitative estimate of drug-likeness (QED) is 0.456. The lowest BCUT2D eigenvalue weighted by molar-refractivity contribution is 0.289. The molecule has 0 amide bonds. The van der Waals surface area contributed by atoms with Gasteiger partial charge in [-0.25, -0.2) is 13.1 Å². The Morgan fingerprint density at radius 1 is 1.00 bits per heavy atom. The second-order valence-corrected chi connectivity index (χ2v) is 9.17. The van der Waals surface area contributed by atoms with Crippen molar-refractivity contribution >= 4 is 20.8 Å². The van der Waals surface area contributed by atoms with E-state index >= 15 is 0 Å². The summed E-state index contributed by atoms with van der Waals surface area (Å²) in [5, 5.41) is 2.26. The molecule has 2 aromatic heterocycles. The minimum atomic E-state index is -3.24. The number of fused-ring (bicyclic) bond motifs is 1. The van der Waals surface area contributed by atoms with Crippen LogP contribution in [-0.2, 0) is 29.7 Å². The Hall–Kier alpha value is -3.36. The van der Waals surface area contributed by atoms with Gasteiger partial charge in [-0.05, 0) is 21.9 Å². The van der Waals surface area contributed by atoms with Crippen LogP contribution >= 0.6 is 0 Å². The van der Waals surface area contributed by atoms with Gasteiger partial charge in [0, 0.05) is 25.0 Å². The van der Waals surface area contributed by atoms with Crippen molar-refractivity contribution in [1.82, 2.24) is 9.29 Å². The topological polar surface area (TPSA) is 90.5 Å². The number of aromatic nitrogens is 1. The molecular formula is C23H22N2O5S. The fraction of sp³-hybridized carbons (Fsp3) is 0.174. The van der Waals surface area contributed by atoms with Crippen molar-refractivity contribution in [1.29, 1.82) is 0 Å². The summed E-state index contributed by atoms with van der Waals surface area (Å²) >= 11 is 0. The highest BCUT2D eigenvalue weighted by molar-refractivity contribution is 7.88. The average molecular weight is 439 g/mol. The van der Waals surface area contributed by atoms with E-state index in [1.807, 2.05) is 65.5 Å². The van der Waals surface area contributed by atoms with E-state index in [1.54, 1.807) is 0 Å². The number of sulfonamides is 1. The average Bonchev–Trinajstić information content (AvgIpc) is 3.14. The summed E-state index contributed by atoms with van der Waals surface area (Å²) in [7, 11) is -3.24. The van der Waals surface area contributed by atoms with E-state index in [1.165, 1.54) is 12.3 Å². The summed E-state index contributed by atoms with van der Waals surface area (Å²) in [5.74, 6) is 0.685. The van der Waals surface area contributed by atoms with E-state index in [0.29, 0.717) is 12.3 Å². The first-order valence-corrected chi connectivity index (χ1v) is 11.6. The third kappa shape index (κ3) is 5.62. The highest BCUT2D eigenvalue weighted by Crippen LogP contribution is 2.16. The molecular weight excluding hydrogens is 416 g/mol. The van der Waals surface area contributed by atoms with Crippen molar-refractivity contribution in [3.63, 3.8) is 0 Å². The SMILES string of the molecule is CS(=O)(=O)NCc1ccc(COc2coc(Cn3cc4ccccc4c3)cc2=O)cc1. The lowest BCUT2D eigenvalue weighted by Crippen LogP contribution is -2.21. The van der Waals surface area contributed by atoms with Gasteiger partial charge in [0.25, 0.3) is 0 Å². The molecule has 0 aliphatic heterocycles. The molecule has 160 valence electrons. The van der Waals surface area contributed by atoms with Gasteiger partial charge < -0.3 is 13.7 Å². The summed E-state index contributed by atoms with van der Waals surface area (Å²) in [4.78, 5) is 12.4. The number of rotatable bonds is 8. The summed E-state index contributed by atoms with van der Waals surface area (Å²) in [6.07, 6.45) is 6.47. The molecule has 0 spiro atoms. The lowest BCUT2D eigenvalue weighted by Gasteiger charge is -2.08. The Morgan fingerprint density at radius 3 is 2.26 bits per heavy atom. The van der Waals surface area contributed by atoms with Crippen LogP contribution in [0.5, 0.6) is 5.75 Å². The van der Waals surface area contributed by atoms with Crippen LogP contribution in [0.3, 0.4) is 0 Å². The largest absolute Gasteiger partial charge is 0.482 e. The van der Waals surface area contributed by atoms with Crippen LogP contribution in [0.15, 0.2) is 82.5 Å². The molecule has 4 rings (SSSR count). The molecule has 4 aromatic rings. The first-order valence-electron chi connectivity index (χ1n) is 9.67. The predicted octanol–water partition coefficient (Wildman–Crippen LogP) is 3.27. The number of ether oxygens (including phenoxy) is 1. The number of benzene rings is 2. The number of nitrogens with zero attached hydrogens (tertiary/aromatic N) is 1. The first-order chi connectivity index (χ1) is 14.9. The van der Waals surface area contributed by atoms with Gasteiger partial charge in [0.1, 0.15) is 18.6 Å². The molecule has 1 N–H and O–H groups in total. The van der Waals surface area contributed by atoms with Crippen LogP contribution in [-0.4, -0.2) is 19.2 Å². The molecule has 0 saturated carbocycles. The molecule has 2 aromatic carbocycles. The second kappa shape index (κ2) is 8.79. The zero-order chi connectivity index (χ0) is 21.8. The highest BCUT2D eigenvalue weighted by atomic mass is 32.2. The van der Waals surface area contributed by atoms with Gasteiger partial charge in [-0.15, -0.1) is 0 Å². The lowest BCUT2D eigenvalue weighted by atomic mass is 10.1. The fourth-order valence-corrected chi connectivity index (χ4v) is 3.60.